The van der Waals surface area contributed by atoms with Crippen LogP contribution in [0.2, 0.25) is 0 Å². The summed E-state index contributed by atoms with van der Waals surface area (Å²) in [7, 11) is 3.75. The predicted octanol–water partition coefficient (Wildman–Crippen LogP) is -6.71. The van der Waals surface area contributed by atoms with E-state index in [-0.39, 0.29) is 58.3 Å². The first kappa shape index (κ1) is 40.1. The van der Waals surface area contributed by atoms with E-state index in [1.165, 1.54) is 6.92 Å². The number of nitrogens with two attached hydrogens (primary N) is 3. The Kier molecular flexibility index (Phi) is 20.6. The third kappa shape index (κ3) is 16.1. The summed E-state index contributed by atoms with van der Waals surface area (Å²) >= 11 is 0. The molecular weight excluding hydrogens is 582 g/mol. The molecule has 1 rings (SSSR count). The standard InChI is InChI=1S/C23H42N10O8.C2H7N/c1-12-18(36)31-14(5-8-25)20(38)32-15(6-9-26)21(39)33-23(41)22(40)27-10-2-3-16(34)30-13(4-7-24)19(37)28-11-17(35)29-12;1-3-2/h12-15,23,41H,2-11,24-26H2,1H3,(H,27,40)(H,28,37)(H,29,35)(H,30,34)(H,31,36)(H,32,38)(H,33,39);3H,1-2H3. The number of hydrogen-bond donors (Lipinski definition) is 12. The zero-order chi connectivity index (χ0) is 33.7. The number of nitrogens with one attached hydrogen (secondary N) is 8. The van der Waals surface area contributed by atoms with E-state index in [0.29, 0.717) is 0 Å². The van der Waals surface area contributed by atoms with Gasteiger partial charge in [-0.2, -0.15) is 0 Å². The second kappa shape index (κ2) is 22.6. The van der Waals surface area contributed by atoms with Gasteiger partial charge in [0.05, 0.1) is 6.54 Å². The van der Waals surface area contributed by atoms with Crippen molar-refractivity contribution in [2.75, 3.05) is 46.8 Å². The van der Waals surface area contributed by atoms with Gasteiger partial charge < -0.3 is 64.8 Å². The molecule has 19 heteroatoms. The molecule has 0 aromatic carbocycles. The van der Waals surface area contributed by atoms with Crippen LogP contribution in [-0.2, 0) is 33.6 Å². The van der Waals surface area contributed by atoms with Gasteiger partial charge in [0.2, 0.25) is 41.7 Å². The molecule has 0 aromatic rings. The maximum Gasteiger partial charge on any atom is 0.269 e. The molecule has 0 spiro atoms. The van der Waals surface area contributed by atoms with Crippen LogP contribution in [0.15, 0.2) is 0 Å². The molecule has 0 saturated carbocycles. The van der Waals surface area contributed by atoms with Crippen LogP contribution in [0.5, 0.6) is 0 Å². The van der Waals surface area contributed by atoms with Crippen LogP contribution in [-0.4, -0.2) is 124 Å². The molecule has 19 nitrogen and oxygen atoms in total. The van der Waals surface area contributed by atoms with Gasteiger partial charge in [0, 0.05) is 13.0 Å². The third-order valence-electron chi connectivity index (χ3n) is 5.88. The summed E-state index contributed by atoms with van der Waals surface area (Å²) < 4.78 is 0. The molecule has 1 heterocycles. The van der Waals surface area contributed by atoms with Crippen molar-refractivity contribution in [2.24, 2.45) is 17.2 Å². The number of carbonyl (C=O) groups is 7. The molecule has 0 aromatic heterocycles. The molecule has 0 bridgehead atoms. The van der Waals surface area contributed by atoms with Crippen molar-refractivity contribution >= 4 is 41.4 Å². The number of carbonyl (C=O) groups excluding carboxylic acids is 7. The fourth-order valence-corrected chi connectivity index (χ4v) is 3.65. The van der Waals surface area contributed by atoms with E-state index in [2.05, 4.69) is 42.5 Å². The minimum absolute atomic E-state index is 0.0156. The first-order valence-electron chi connectivity index (χ1n) is 14.3. The first-order chi connectivity index (χ1) is 20.8. The van der Waals surface area contributed by atoms with Crippen molar-refractivity contribution in [1.29, 1.82) is 0 Å². The molecule has 1 aliphatic rings. The largest absolute Gasteiger partial charge is 0.365 e. The van der Waals surface area contributed by atoms with E-state index in [4.69, 9.17) is 17.2 Å². The maximum absolute atomic E-state index is 12.9. The van der Waals surface area contributed by atoms with Crippen LogP contribution in [0.25, 0.3) is 0 Å². The van der Waals surface area contributed by atoms with E-state index < -0.39 is 78.3 Å². The van der Waals surface area contributed by atoms with E-state index in [9.17, 15) is 38.7 Å². The molecular formula is C25H49N11O8. The fourth-order valence-electron chi connectivity index (χ4n) is 3.65. The lowest BCUT2D eigenvalue weighted by atomic mass is 10.1. The van der Waals surface area contributed by atoms with Crippen LogP contribution in [0, 0.1) is 0 Å². The number of hydrogen-bond acceptors (Lipinski definition) is 12. The normalized spacial score (nSPS) is 25.4. The highest BCUT2D eigenvalue weighted by atomic mass is 16.3. The zero-order valence-electron chi connectivity index (χ0n) is 25.5. The Balaban J connectivity index is 0.00000590. The Hall–Kier alpha value is -3.91. The SMILES string of the molecule is CC1NC(=O)CNC(=O)C(CCN)NC(=O)CCCNC(=O)C(O)NC(=O)C(CCN)NC(=O)C(CCN)NC1=O.CNC. The van der Waals surface area contributed by atoms with Gasteiger partial charge in [-0.15, -0.1) is 0 Å². The molecule has 1 aliphatic heterocycles. The van der Waals surface area contributed by atoms with Crippen molar-refractivity contribution in [2.45, 2.75) is 69.4 Å². The molecule has 252 valence electrons. The molecule has 0 aliphatic carbocycles. The Morgan fingerprint density at radius 2 is 1.14 bits per heavy atom. The summed E-state index contributed by atoms with van der Waals surface area (Å²) in [5, 5.41) is 29.4. The Morgan fingerprint density at radius 3 is 1.66 bits per heavy atom. The number of aliphatic hydroxyl groups is 1. The summed E-state index contributed by atoms with van der Waals surface area (Å²) in [6.07, 6.45) is -1.95. The lowest BCUT2D eigenvalue weighted by Crippen LogP contribution is -2.58. The minimum Gasteiger partial charge on any atom is -0.365 e. The highest BCUT2D eigenvalue weighted by molar-refractivity contribution is 5.96. The first-order valence-corrected chi connectivity index (χ1v) is 14.3. The third-order valence-corrected chi connectivity index (χ3v) is 5.88. The van der Waals surface area contributed by atoms with Gasteiger partial charge in [-0.05, 0) is 66.3 Å². The van der Waals surface area contributed by atoms with Gasteiger partial charge in [0.1, 0.15) is 24.2 Å². The van der Waals surface area contributed by atoms with Crippen molar-refractivity contribution in [3.8, 4) is 0 Å². The highest BCUT2D eigenvalue weighted by Crippen LogP contribution is 2.00. The van der Waals surface area contributed by atoms with Gasteiger partial charge in [0.25, 0.3) is 5.91 Å². The van der Waals surface area contributed by atoms with Crippen molar-refractivity contribution < 1.29 is 38.7 Å². The highest BCUT2D eigenvalue weighted by Gasteiger charge is 2.30. The lowest BCUT2D eigenvalue weighted by Gasteiger charge is -2.24. The predicted molar refractivity (Wildman–Crippen MR) is 159 cm³/mol. The molecule has 5 atom stereocenters. The quantitative estimate of drug-likeness (QED) is 0.130. The van der Waals surface area contributed by atoms with Crippen LogP contribution >= 0.6 is 0 Å². The number of aliphatic hydroxyl groups excluding tert-OH is 1. The van der Waals surface area contributed by atoms with E-state index in [0.717, 1.165) is 0 Å². The van der Waals surface area contributed by atoms with Crippen molar-refractivity contribution in [1.82, 2.24) is 42.5 Å². The smallest absolute Gasteiger partial charge is 0.269 e. The van der Waals surface area contributed by atoms with Crippen LogP contribution in [0.1, 0.15) is 39.0 Å². The fraction of sp³-hybridized carbons (Fsp3) is 0.720. The van der Waals surface area contributed by atoms with Gasteiger partial charge in [-0.1, -0.05) is 0 Å². The summed E-state index contributed by atoms with van der Waals surface area (Å²) in [4.78, 5) is 87.6. The topological polar surface area (TPSA) is 314 Å². The summed E-state index contributed by atoms with van der Waals surface area (Å²) in [5.41, 5.74) is 16.7. The summed E-state index contributed by atoms with van der Waals surface area (Å²) in [6.45, 7) is 0.799. The molecule has 1 saturated heterocycles. The molecule has 1 fully saturated rings. The van der Waals surface area contributed by atoms with Gasteiger partial charge in [-0.3, -0.25) is 33.6 Å². The van der Waals surface area contributed by atoms with Gasteiger partial charge >= 0.3 is 0 Å². The molecule has 0 radical (unpaired) electrons. The Morgan fingerprint density at radius 1 is 0.659 bits per heavy atom. The number of rotatable bonds is 6. The number of amides is 7. The van der Waals surface area contributed by atoms with E-state index in [1.807, 2.05) is 14.1 Å². The van der Waals surface area contributed by atoms with Crippen molar-refractivity contribution in [3.05, 3.63) is 0 Å². The molecule has 15 N–H and O–H groups in total. The van der Waals surface area contributed by atoms with E-state index in [1.54, 1.807) is 0 Å². The van der Waals surface area contributed by atoms with Crippen molar-refractivity contribution in [3.63, 3.8) is 0 Å². The molecule has 7 amide bonds. The Labute approximate surface area is 256 Å². The monoisotopic (exact) mass is 631 g/mol. The molecule has 44 heavy (non-hydrogen) atoms. The summed E-state index contributed by atoms with van der Waals surface area (Å²) in [5.74, 6) is -5.33. The zero-order valence-corrected chi connectivity index (χ0v) is 25.5. The molecule has 5 unspecified atom stereocenters. The second-order valence-corrected chi connectivity index (χ2v) is 9.79. The van der Waals surface area contributed by atoms with Crippen LogP contribution in [0.4, 0.5) is 0 Å². The lowest BCUT2D eigenvalue weighted by molar-refractivity contribution is -0.139. The average Bonchev–Trinajstić information content (AvgIpc) is 2.96. The minimum atomic E-state index is -1.98. The van der Waals surface area contributed by atoms with E-state index >= 15 is 0 Å². The average molecular weight is 632 g/mol. The summed E-state index contributed by atoms with van der Waals surface area (Å²) in [6, 6.07) is -4.63. The van der Waals surface area contributed by atoms with Gasteiger partial charge in [-0.25, -0.2) is 0 Å². The second-order valence-electron chi connectivity index (χ2n) is 9.79. The Bertz CT molecular complexity index is 968. The van der Waals surface area contributed by atoms with Gasteiger partial charge in [0.15, 0.2) is 0 Å². The van der Waals surface area contributed by atoms with Crippen LogP contribution in [0.3, 0.4) is 0 Å². The van der Waals surface area contributed by atoms with Crippen LogP contribution < -0.4 is 59.7 Å². The maximum atomic E-state index is 12.9.